The van der Waals surface area contributed by atoms with E-state index in [4.69, 9.17) is 0 Å². The van der Waals surface area contributed by atoms with Crippen molar-refractivity contribution in [2.75, 3.05) is 0 Å². The molecule has 20 heavy (non-hydrogen) atoms. The highest BCUT2D eigenvalue weighted by Crippen LogP contribution is 2.33. The largest absolute Gasteiger partial charge is 0.417 e. The van der Waals surface area contributed by atoms with E-state index in [0.717, 1.165) is 6.07 Å². The van der Waals surface area contributed by atoms with E-state index in [2.05, 4.69) is 21.2 Å². The van der Waals surface area contributed by atoms with E-state index >= 15 is 0 Å². The molecule has 1 aromatic carbocycles. The van der Waals surface area contributed by atoms with Gasteiger partial charge < -0.3 is 5.32 Å². The quantitative estimate of drug-likeness (QED) is 0.841. The van der Waals surface area contributed by atoms with Gasteiger partial charge in [0.2, 0.25) is 0 Å². The molecule has 1 N–H and O–H groups in total. The fourth-order valence-electron chi connectivity index (χ4n) is 2.02. The average Bonchev–Trinajstić information content (AvgIpc) is 2.25. The van der Waals surface area contributed by atoms with Gasteiger partial charge in [0.25, 0.3) is 5.91 Å². The molecule has 1 atom stereocenters. The molecule has 0 aromatic heterocycles. The van der Waals surface area contributed by atoms with Crippen molar-refractivity contribution in [1.29, 1.82) is 0 Å². The summed E-state index contributed by atoms with van der Waals surface area (Å²) >= 11 is 2.99. The number of amides is 1. The Hall–Kier alpha value is -1.04. The highest BCUT2D eigenvalue weighted by Gasteiger charge is 2.35. The molecule has 0 aliphatic heterocycles. The first-order chi connectivity index (χ1) is 9.11. The summed E-state index contributed by atoms with van der Waals surface area (Å²) in [6.07, 6.45) is -3.85. The third-order valence-corrected chi connectivity index (χ3v) is 3.23. The van der Waals surface area contributed by atoms with Gasteiger partial charge in [0, 0.05) is 10.5 Å². The van der Waals surface area contributed by atoms with E-state index in [1.54, 1.807) is 6.92 Å². The number of nitrogens with one attached hydrogen (secondary N) is 1. The molecule has 2 nitrogen and oxygen atoms in total. The van der Waals surface area contributed by atoms with Gasteiger partial charge in [-0.1, -0.05) is 29.8 Å². The highest BCUT2D eigenvalue weighted by atomic mass is 79.9. The lowest BCUT2D eigenvalue weighted by Crippen LogP contribution is -2.34. The van der Waals surface area contributed by atoms with Gasteiger partial charge in [-0.25, -0.2) is 0 Å². The van der Waals surface area contributed by atoms with E-state index in [1.165, 1.54) is 12.1 Å². The second-order valence-electron chi connectivity index (χ2n) is 5.19. The predicted octanol–water partition coefficient (Wildman–Crippen LogP) is 4.63. The van der Waals surface area contributed by atoms with Crippen molar-refractivity contribution in [1.82, 2.24) is 5.32 Å². The highest BCUT2D eigenvalue weighted by molar-refractivity contribution is 9.10. The minimum Gasteiger partial charge on any atom is -0.350 e. The van der Waals surface area contributed by atoms with Crippen LogP contribution in [0.1, 0.15) is 43.1 Å². The molecular formula is C14H17BrF3NO. The molecule has 1 unspecified atom stereocenters. The van der Waals surface area contributed by atoms with Crippen molar-refractivity contribution in [2.45, 2.75) is 39.4 Å². The number of hydrogen-bond acceptors (Lipinski definition) is 1. The molecule has 0 fully saturated rings. The molecule has 1 aromatic rings. The van der Waals surface area contributed by atoms with Gasteiger partial charge in [-0.15, -0.1) is 0 Å². The monoisotopic (exact) mass is 351 g/mol. The Morgan fingerprint density at radius 3 is 2.40 bits per heavy atom. The molecule has 0 radical (unpaired) electrons. The van der Waals surface area contributed by atoms with Crippen LogP contribution in [0.5, 0.6) is 0 Å². The van der Waals surface area contributed by atoms with Crippen LogP contribution < -0.4 is 5.32 Å². The number of halogens is 4. The Morgan fingerprint density at radius 1 is 1.30 bits per heavy atom. The molecular weight excluding hydrogens is 335 g/mol. The predicted molar refractivity (Wildman–Crippen MR) is 75.5 cm³/mol. The van der Waals surface area contributed by atoms with Gasteiger partial charge in [0.1, 0.15) is 0 Å². The Bertz CT molecular complexity index is 486. The van der Waals surface area contributed by atoms with Gasteiger partial charge in [-0.05, 0) is 37.5 Å². The van der Waals surface area contributed by atoms with Crippen LogP contribution in [-0.4, -0.2) is 11.9 Å². The van der Waals surface area contributed by atoms with Crippen LogP contribution in [0.4, 0.5) is 13.2 Å². The standard InChI is InChI=1S/C14H17BrF3NO/c1-8(2)6-9(3)19-13(20)11-5-4-10(15)7-12(11)14(16,17)18/h4-5,7-9H,6H2,1-3H3,(H,19,20). The maximum Gasteiger partial charge on any atom is 0.417 e. The molecule has 1 amide bonds. The van der Waals surface area contributed by atoms with E-state index in [-0.39, 0.29) is 16.1 Å². The zero-order valence-electron chi connectivity index (χ0n) is 11.5. The summed E-state index contributed by atoms with van der Waals surface area (Å²) in [5, 5.41) is 2.61. The number of rotatable bonds is 4. The van der Waals surface area contributed by atoms with Crippen molar-refractivity contribution in [2.24, 2.45) is 5.92 Å². The molecule has 0 aliphatic rings. The molecule has 6 heteroatoms. The Morgan fingerprint density at radius 2 is 1.90 bits per heavy atom. The van der Waals surface area contributed by atoms with Gasteiger partial charge in [0.15, 0.2) is 0 Å². The fraction of sp³-hybridized carbons (Fsp3) is 0.500. The number of benzene rings is 1. The first-order valence-corrected chi connectivity index (χ1v) is 7.08. The van der Waals surface area contributed by atoms with E-state index in [0.29, 0.717) is 12.3 Å². The SMILES string of the molecule is CC(C)CC(C)NC(=O)c1ccc(Br)cc1C(F)(F)F. The average molecular weight is 352 g/mol. The topological polar surface area (TPSA) is 29.1 Å². The van der Waals surface area contributed by atoms with Crippen LogP contribution in [0.15, 0.2) is 22.7 Å². The van der Waals surface area contributed by atoms with E-state index < -0.39 is 17.6 Å². The summed E-state index contributed by atoms with van der Waals surface area (Å²) in [6, 6.07) is 3.36. The Balaban J connectivity index is 2.99. The minimum absolute atomic E-state index is 0.174. The summed E-state index contributed by atoms with van der Waals surface area (Å²) in [4.78, 5) is 12.0. The summed E-state index contributed by atoms with van der Waals surface area (Å²) in [6.45, 7) is 5.76. The second-order valence-corrected chi connectivity index (χ2v) is 6.11. The van der Waals surface area contributed by atoms with Crippen LogP contribution in [0.25, 0.3) is 0 Å². The third-order valence-electron chi connectivity index (χ3n) is 2.73. The van der Waals surface area contributed by atoms with E-state index in [9.17, 15) is 18.0 Å². The molecule has 112 valence electrons. The lowest BCUT2D eigenvalue weighted by atomic mass is 10.0. The molecule has 0 bridgehead atoms. The molecule has 0 saturated heterocycles. The van der Waals surface area contributed by atoms with Gasteiger partial charge in [0.05, 0.1) is 11.1 Å². The first kappa shape index (κ1) is 17.0. The van der Waals surface area contributed by atoms with Crippen molar-refractivity contribution in [3.63, 3.8) is 0 Å². The van der Waals surface area contributed by atoms with Crippen molar-refractivity contribution < 1.29 is 18.0 Å². The summed E-state index contributed by atoms with van der Waals surface area (Å²) in [5.41, 5.74) is -1.28. The van der Waals surface area contributed by atoms with Crippen LogP contribution in [-0.2, 0) is 6.18 Å². The molecule has 0 saturated carbocycles. The lowest BCUT2D eigenvalue weighted by molar-refractivity contribution is -0.138. The zero-order valence-corrected chi connectivity index (χ0v) is 13.1. The lowest BCUT2D eigenvalue weighted by Gasteiger charge is -2.18. The number of carbonyl (C=O) groups is 1. The smallest absolute Gasteiger partial charge is 0.350 e. The first-order valence-electron chi connectivity index (χ1n) is 6.29. The van der Waals surface area contributed by atoms with Crippen molar-refractivity contribution in [3.8, 4) is 0 Å². The van der Waals surface area contributed by atoms with Gasteiger partial charge in [-0.3, -0.25) is 4.79 Å². The Kier molecular flexibility index (Phi) is 5.62. The maximum atomic E-state index is 12.9. The summed E-state index contributed by atoms with van der Waals surface area (Å²) < 4.78 is 39.1. The molecule has 0 heterocycles. The van der Waals surface area contributed by atoms with Gasteiger partial charge >= 0.3 is 6.18 Å². The summed E-state index contributed by atoms with van der Waals surface area (Å²) in [5.74, 6) is -0.338. The number of carbonyl (C=O) groups excluding carboxylic acids is 1. The normalized spacial score (nSPS) is 13.4. The number of alkyl halides is 3. The van der Waals surface area contributed by atoms with E-state index in [1.807, 2.05) is 13.8 Å². The van der Waals surface area contributed by atoms with Crippen LogP contribution >= 0.6 is 15.9 Å². The molecule has 1 rings (SSSR count). The number of hydrogen-bond donors (Lipinski definition) is 1. The fourth-order valence-corrected chi connectivity index (χ4v) is 2.38. The van der Waals surface area contributed by atoms with Gasteiger partial charge in [-0.2, -0.15) is 13.2 Å². The van der Waals surface area contributed by atoms with Crippen LogP contribution in [0.2, 0.25) is 0 Å². The maximum absolute atomic E-state index is 12.9. The summed E-state index contributed by atoms with van der Waals surface area (Å²) in [7, 11) is 0. The second kappa shape index (κ2) is 6.61. The molecule has 0 spiro atoms. The zero-order chi connectivity index (χ0) is 15.5. The van der Waals surface area contributed by atoms with Crippen LogP contribution in [0.3, 0.4) is 0 Å². The Labute approximate surface area is 124 Å². The molecule has 0 aliphatic carbocycles. The van der Waals surface area contributed by atoms with Crippen LogP contribution in [0, 0.1) is 5.92 Å². The van der Waals surface area contributed by atoms with Crippen molar-refractivity contribution in [3.05, 3.63) is 33.8 Å². The third kappa shape index (κ3) is 4.81. The minimum atomic E-state index is -4.56. The van der Waals surface area contributed by atoms with Crippen molar-refractivity contribution >= 4 is 21.8 Å².